The fourth-order valence-electron chi connectivity index (χ4n) is 3.56. The molecule has 7 heteroatoms. The quantitative estimate of drug-likeness (QED) is 0.790. The standard InChI is InChI=1S/C21H30N4O3/c1-16(20(27)23(2)15-19(26)22-18-9-10-18)24-11-6-12-25(14-13-24)21(28)17-7-4-3-5-8-17/h3-5,7-8,16,18H,6,9-15H2,1-2H3,(H,22,26). The minimum absolute atomic E-state index is 0.0373. The van der Waals surface area contributed by atoms with Crippen LogP contribution >= 0.6 is 0 Å². The molecule has 0 radical (unpaired) electrons. The lowest BCUT2D eigenvalue weighted by atomic mass is 10.2. The Labute approximate surface area is 166 Å². The molecule has 0 aromatic heterocycles. The summed E-state index contributed by atoms with van der Waals surface area (Å²) in [5.41, 5.74) is 0.696. The number of amides is 3. The molecule has 2 fully saturated rings. The van der Waals surface area contributed by atoms with Gasteiger partial charge in [-0.15, -0.1) is 0 Å². The zero-order valence-electron chi connectivity index (χ0n) is 16.8. The van der Waals surface area contributed by atoms with Crippen molar-refractivity contribution < 1.29 is 14.4 Å². The molecule has 0 bridgehead atoms. The first-order chi connectivity index (χ1) is 13.5. The molecule has 2 aliphatic rings. The molecular formula is C21H30N4O3. The summed E-state index contributed by atoms with van der Waals surface area (Å²) in [7, 11) is 1.67. The lowest BCUT2D eigenvalue weighted by molar-refractivity contribution is -0.138. The fourth-order valence-corrected chi connectivity index (χ4v) is 3.56. The first-order valence-corrected chi connectivity index (χ1v) is 10.1. The second-order valence-corrected chi connectivity index (χ2v) is 7.76. The molecule has 1 aromatic rings. The van der Waals surface area contributed by atoms with Crippen LogP contribution in [0.2, 0.25) is 0 Å². The molecule has 1 unspecified atom stereocenters. The summed E-state index contributed by atoms with van der Waals surface area (Å²) >= 11 is 0. The molecule has 1 aliphatic heterocycles. The Morgan fingerprint density at radius 2 is 1.82 bits per heavy atom. The van der Waals surface area contributed by atoms with Crippen molar-refractivity contribution in [3.8, 4) is 0 Å². The summed E-state index contributed by atoms with van der Waals surface area (Å²) < 4.78 is 0. The van der Waals surface area contributed by atoms with Gasteiger partial charge in [-0.25, -0.2) is 0 Å². The van der Waals surface area contributed by atoms with Crippen LogP contribution in [-0.4, -0.2) is 84.3 Å². The minimum Gasteiger partial charge on any atom is -0.352 e. The van der Waals surface area contributed by atoms with E-state index in [1.165, 1.54) is 4.90 Å². The summed E-state index contributed by atoms with van der Waals surface area (Å²) in [5.74, 6) is -0.120. The molecule has 152 valence electrons. The van der Waals surface area contributed by atoms with Crippen molar-refractivity contribution in [2.45, 2.75) is 38.3 Å². The molecule has 1 atom stereocenters. The van der Waals surface area contributed by atoms with Crippen molar-refractivity contribution in [3.63, 3.8) is 0 Å². The molecule has 1 N–H and O–H groups in total. The van der Waals surface area contributed by atoms with Crippen LogP contribution < -0.4 is 5.32 Å². The Hall–Kier alpha value is -2.41. The monoisotopic (exact) mass is 386 g/mol. The molecule has 0 spiro atoms. The average Bonchev–Trinajstić information content (AvgIpc) is 3.53. The van der Waals surface area contributed by atoms with Gasteiger partial charge in [-0.3, -0.25) is 19.3 Å². The van der Waals surface area contributed by atoms with Gasteiger partial charge in [0.05, 0.1) is 12.6 Å². The van der Waals surface area contributed by atoms with Gasteiger partial charge in [0, 0.05) is 44.8 Å². The Kier molecular flexibility index (Phi) is 6.67. The Bertz CT molecular complexity index is 705. The van der Waals surface area contributed by atoms with E-state index in [9.17, 15) is 14.4 Å². The molecule has 7 nitrogen and oxygen atoms in total. The zero-order chi connectivity index (χ0) is 20.1. The summed E-state index contributed by atoms with van der Waals surface area (Å²) in [6.07, 6.45) is 2.89. The van der Waals surface area contributed by atoms with Crippen molar-refractivity contribution in [1.29, 1.82) is 0 Å². The Morgan fingerprint density at radius 3 is 2.50 bits per heavy atom. The van der Waals surface area contributed by atoms with E-state index in [4.69, 9.17) is 0 Å². The van der Waals surface area contributed by atoms with Crippen LogP contribution in [0, 0.1) is 0 Å². The molecule has 28 heavy (non-hydrogen) atoms. The van der Waals surface area contributed by atoms with Crippen LogP contribution in [0.15, 0.2) is 30.3 Å². The molecule has 3 rings (SSSR count). The van der Waals surface area contributed by atoms with Gasteiger partial charge in [0.2, 0.25) is 11.8 Å². The third-order valence-corrected chi connectivity index (χ3v) is 5.44. The van der Waals surface area contributed by atoms with Gasteiger partial charge in [-0.05, 0) is 38.3 Å². The summed E-state index contributed by atoms with van der Waals surface area (Å²) in [6.45, 7) is 4.65. The maximum Gasteiger partial charge on any atom is 0.253 e. The lowest BCUT2D eigenvalue weighted by Gasteiger charge is -2.30. The second-order valence-electron chi connectivity index (χ2n) is 7.76. The van der Waals surface area contributed by atoms with Crippen LogP contribution in [0.5, 0.6) is 0 Å². The summed E-state index contributed by atoms with van der Waals surface area (Å²) in [5, 5.41) is 2.91. The average molecular weight is 386 g/mol. The van der Waals surface area contributed by atoms with Crippen LogP contribution in [0.25, 0.3) is 0 Å². The van der Waals surface area contributed by atoms with Crippen molar-refractivity contribution in [2.75, 3.05) is 39.8 Å². The van der Waals surface area contributed by atoms with Gasteiger partial charge in [0.15, 0.2) is 0 Å². The first-order valence-electron chi connectivity index (χ1n) is 10.1. The van der Waals surface area contributed by atoms with Crippen LogP contribution in [0.3, 0.4) is 0 Å². The number of carbonyl (C=O) groups excluding carboxylic acids is 3. The van der Waals surface area contributed by atoms with Crippen LogP contribution in [0.4, 0.5) is 0 Å². The van der Waals surface area contributed by atoms with Crippen molar-refractivity contribution in [2.24, 2.45) is 0 Å². The van der Waals surface area contributed by atoms with E-state index >= 15 is 0 Å². The number of hydrogen-bond acceptors (Lipinski definition) is 4. The fraction of sp³-hybridized carbons (Fsp3) is 0.571. The SMILES string of the molecule is CC(C(=O)N(C)CC(=O)NC1CC1)N1CCCN(C(=O)c2ccccc2)CC1. The number of carbonyl (C=O) groups is 3. The third-order valence-electron chi connectivity index (χ3n) is 5.44. The van der Waals surface area contributed by atoms with E-state index in [-0.39, 0.29) is 30.3 Å². The van der Waals surface area contributed by atoms with Gasteiger partial charge in [-0.2, -0.15) is 0 Å². The van der Waals surface area contributed by atoms with E-state index in [0.29, 0.717) is 31.2 Å². The van der Waals surface area contributed by atoms with Gasteiger partial charge in [0.25, 0.3) is 5.91 Å². The van der Waals surface area contributed by atoms with Gasteiger partial charge < -0.3 is 15.1 Å². The predicted molar refractivity (Wildman–Crippen MR) is 107 cm³/mol. The topological polar surface area (TPSA) is 73.0 Å². The molecule has 1 aliphatic carbocycles. The van der Waals surface area contributed by atoms with E-state index < -0.39 is 0 Å². The molecule has 1 heterocycles. The number of nitrogens with zero attached hydrogens (tertiary/aromatic N) is 3. The van der Waals surface area contributed by atoms with Gasteiger partial charge in [0.1, 0.15) is 0 Å². The number of nitrogens with one attached hydrogen (secondary N) is 1. The normalized spacial score (nSPS) is 18.9. The highest BCUT2D eigenvalue weighted by atomic mass is 16.2. The zero-order valence-corrected chi connectivity index (χ0v) is 16.8. The smallest absolute Gasteiger partial charge is 0.253 e. The van der Waals surface area contributed by atoms with Crippen LogP contribution in [0.1, 0.15) is 36.5 Å². The second kappa shape index (κ2) is 9.19. The van der Waals surface area contributed by atoms with Gasteiger partial charge >= 0.3 is 0 Å². The van der Waals surface area contributed by atoms with E-state index in [1.54, 1.807) is 7.05 Å². The molecule has 1 aromatic carbocycles. The van der Waals surface area contributed by atoms with Crippen LogP contribution in [-0.2, 0) is 9.59 Å². The highest BCUT2D eigenvalue weighted by Gasteiger charge is 2.29. The van der Waals surface area contributed by atoms with Crippen molar-refractivity contribution in [3.05, 3.63) is 35.9 Å². The predicted octanol–water partition coefficient (Wildman–Crippen LogP) is 0.960. The van der Waals surface area contributed by atoms with Crippen molar-refractivity contribution >= 4 is 17.7 Å². The Morgan fingerprint density at radius 1 is 1.11 bits per heavy atom. The lowest BCUT2D eigenvalue weighted by Crippen LogP contribution is -2.49. The minimum atomic E-state index is -0.314. The number of hydrogen-bond donors (Lipinski definition) is 1. The van der Waals surface area contributed by atoms with Gasteiger partial charge in [-0.1, -0.05) is 18.2 Å². The third kappa shape index (κ3) is 5.32. The van der Waals surface area contributed by atoms with E-state index in [0.717, 1.165) is 25.8 Å². The number of rotatable bonds is 6. The maximum absolute atomic E-state index is 12.8. The molecule has 1 saturated carbocycles. The highest BCUT2D eigenvalue weighted by molar-refractivity contribution is 5.94. The summed E-state index contributed by atoms with van der Waals surface area (Å²) in [4.78, 5) is 42.8. The maximum atomic E-state index is 12.8. The Balaban J connectivity index is 1.51. The molecule has 3 amide bonds. The van der Waals surface area contributed by atoms with E-state index in [2.05, 4.69) is 10.2 Å². The first kappa shape index (κ1) is 20.3. The molecular weight excluding hydrogens is 356 g/mol. The van der Waals surface area contributed by atoms with Crippen molar-refractivity contribution in [1.82, 2.24) is 20.0 Å². The number of benzene rings is 1. The summed E-state index contributed by atoms with van der Waals surface area (Å²) in [6, 6.07) is 9.28. The number of likely N-dealkylation sites (N-methyl/N-ethyl adjacent to an activating group) is 1. The largest absolute Gasteiger partial charge is 0.352 e. The molecule has 1 saturated heterocycles. The van der Waals surface area contributed by atoms with E-state index in [1.807, 2.05) is 42.2 Å². The highest BCUT2D eigenvalue weighted by Crippen LogP contribution is 2.18.